The van der Waals surface area contributed by atoms with Crippen molar-refractivity contribution < 1.29 is 59.1 Å². The van der Waals surface area contributed by atoms with Gasteiger partial charge in [0.25, 0.3) is 5.69 Å². The van der Waals surface area contributed by atoms with Gasteiger partial charge in [-0.05, 0) is 42.8 Å². The normalized spacial score (nSPS) is 12.4. The smallest absolute Gasteiger partial charge is 0.475 e. The van der Waals surface area contributed by atoms with Crippen LogP contribution in [-0.4, -0.2) is 33.2 Å². The van der Waals surface area contributed by atoms with Gasteiger partial charge in [-0.25, -0.2) is 9.59 Å². The molecular formula is C24H17F9N4O5. The molecule has 2 aromatic carbocycles. The maximum absolute atomic E-state index is 13.6. The van der Waals surface area contributed by atoms with Gasteiger partial charge in [0.15, 0.2) is 0 Å². The number of carbonyl (C=O) groups is 2. The Morgan fingerprint density at radius 2 is 1.50 bits per heavy atom. The number of aliphatic carboxylic acids is 1. The number of aryl methyl sites for hydroxylation is 1. The van der Waals surface area contributed by atoms with Crippen LogP contribution in [0.15, 0.2) is 60.8 Å². The summed E-state index contributed by atoms with van der Waals surface area (Å²) in [5.41, 5.74) is -3.00. The molecule has 3 N–H and O–H groups in total. The number of benzene rings is 2. The average Bonchev–Trinajstić information content (AvgIpc) is 2.87. The summed E-state index contributed by atoms with van der Waals surface area (Å²) in [4.78, 5) is 35.7. The number of carboxylic acid groups (broad SMARTS) is 1. The van der Waals surface area contributed by atoms with Crippen LogP contribution >= 0.6 is 0 Å². The summed E-state index contributed by atoms with van der Waals surface area (Å²) in [5, 5.41) is 22.8. The molecule has 42 heavy (non-hydrogen) atoms. The minimum Gasteiger partial charge on any atom is -0.475 e. The highest BCUT2D eigenvalue weighted by Crippen LogP contribution is 2.36. The van der Waals surface area contributed by atoms with Crippen molar-refractivity contribution in [2.45, 2.75) is 31.5 Å². The second-order valence-electron chi connectivity index (χ2n) is 8.15. The lowest BCUT2D eigenvalue weighted by Gasteiger charge is -2.23. The Morgan fingerprint density at radius 3 is 1.98 bits per heavy atom. The summed E-state index contributed by atoms with van der Waals surface area (Å²) >= 11 is 0. The third-order valence-corrected chi connectivity index (χ3v) is 5.17. The van der Waals surface area contributed by atoms with E-state index in [2.05, 4.69) is 15.6 Å². The van der Waals surface area contributed by atoms with Crippen LogP contribution in [-0.2, 0) is 17.1 Å². The van der Waals surface area contributed by atoms with Gasteiger partial charge in [0.1, 0.15) is 0 Å². The van der Waals surface area contributed by atoms with Gasteiger partial charge in [-0.3, -0.25) is 15.1 Å². The fourth-order valence-electron chi connectivity index (χ4n) is 3.24. The number of anilines is 1. The van der Waals surface area contributed by atoms with Crippen LogP contribution in [0.5, 0.6) is 0 Å². The molecule has 0 aliphatic rings. The number of halogens is 9. The van der Waals surface area contributed by atoms with Crippen LogP contribution in [0, 0.1) is 17.0 Å². The van der Waals surface area contributed by atoms with E-state index in [4.69, 9.17) is 9.90 Å². The molecule has 0 saturated heterocycles. The van der Waals surface area contributed by atoms with Crippen molar-refractivity contribution in [3.63, 3.8) is 0 Å². The summed E-state index contributed by atoms with van der Waals surface area (Å²) in [6.07, 6.45) is -13.6. The molecule has 9 nitrogen and oxygen atoms in total. The Morgan fingerprint density at radius 1 is 0.929 bits per heavy atom. The van der Waals surface area contributed by atoms with Crippen LogP contribution < -0.4 is 10.6 Å². The number of rotatable bonds is 5. The number of pyridine rings is 1. The van der Waals surface area contributed by atoms with E-state index in [-0.39, 0.29) is 16.9 Å². The maximum Gasteiger partial charge on any atom is 0.490 e. The van der Waals surface area contributed by atoms with E-state index in [9.17, 15) is 54.4 Å². The summed E-state index contributed by atoms with van der Waals surface area (Å²) in [7, 11) is 0. The third-order valence-electron chi connectivity index (χ3n) is 5.17. The number of carbonyl (C=O) groups excluding carboxylic acids is 1. The molecule has 0 fully saturated rings. The predicted octanol–water partition coefficient (Wildman–Crippen LogP) is 6.88. The molecular weight excluding hydrogens is 595 g/mol. The first-order valence-electron chi connectivity index (χ1n) is 11.0. The fourth-order valence-corrected chi connectivity index (χ4v) is 3.24. The molecule has 3 rings (SSSR count). The Balaban J connectivity index is 0.000000782. The molecule has 0 spiro atoms. The standard InChI is InChI=1S/C22H16F6N4O3.C2HF3O2/c1-12-4-9-15(11-17(12)32(34)35)30-20(33)31-18(13-5-7-14(8-6-13)21(23,24)25)19-16(22(26,27)28)3-2-10-29-19;3-2(4,5)1(6)7/h2-11,18H,1H3,(H2,30,31,33);(H,6,7)/t18-;/m0./s1. The maximum atomic E-state index is 13.6. The molecule has 1 atom stereocenters. The van der Waals surface area contributed by atoms with E-state index in [0.29, 0.717) is 17.7 Å². The van der Waals surface area contributed by atoms with Gasteiger partial charge in [0, 0.05) is 23.5 Å². The lowest BCUT2D eigenvalue weighted by molar-refractivity contribution is -0.385. The number of urea groups is 1. The first kappa shape index (κ1) is 33.3. The van der Waals surface area contributed by atoms with E-state index in [0.717, 1.165) is 36.5 Å². The second-order valence-corrected chi connectivity index (χ2v) is 8.15. The number of hydrogen-bond acceptors (Lipinski definition) is 5. The Hall–Kier alpha value is -4.90. The highest BCUT2D eigenvalue weighted by atomic mass is 19.4. The largest absolute Gasteiger partial charge is 0.490 e. The van der Waals surface area contributed by atoms with Gasteiger partial charge in [-0.1, -0.05) is 18.2 Å². The van der Waals surface area contributed by atoms with Gasteiger partial charge < -0.3 is 15.7 Å². The highest BCUT2D eigenvalue weighted by molar-refractivity contribution is 5.90. The van der Waals surface area contributed by atoms with Crippen LogP contribution in [0.25, 0.3) is 0 Å². The summed E-state index contributed by atoms with van der Waals surface area (Å²) < 4.78 is 111. The Kier molecular flexibility index (Phi) is 10.1. The summed E-state index contributed by atoms with van der Waals surface area (Å²) in [6.45, 7) is 1.47. The number of nitro groups is 1. The number of aromatic nitrogens is 1. The molecule has 0 bridgehead atoms. The van der Waals surface area contributed by atoms with Crippen LogP contribution in [0.4, 0.5) is 55.7 Å². The number of alkyl halides is 9. The number of nitro benzene ring substituents is 1. The first-order chi connectivity index (χ1) is 19.2. The van der Waals surface area contributed by atoms with Crippen molar-refractivity contribution in [1.29, 1.82) is 0 Å². The quantitative estimate of drug-likeness (QED) is 0.163. The van der Waals surface area contributed by atoms with Gasteiger partial charge in [-0.2, -0.15) is 39.5 Å². The van der Waals surface area contributed by atoms with E-state index < -0.39 is 58.3 Å². The molecule has 226 valence electrons. The number of nitrogens with zero attached hydrogens (tertiary/aromatic N) is 2. The molecule has 0 aliphatic carbocycles. The number of carboxylic acids is 1. The van der Waals surface area contributed by atoms with Crippen LogP contribution in [0.1, 0.15) is 34.0 Å². The van der Waals surface area contributed by atoms with Crippen LogP contribution in [0.2, 0.25) is 0 Å². The predicted molar refractivity (Wildman–Crippen MR) is 126 cm³/mol. The van der Waals surface area contributed by atoms with Crippen LogP contribution in [0.3, 0.4) is 0 Å². The van der Waals surface area contributed by atoms with Gasteiger partial charge in [0.05, 0.1) is 27.8 Å². The molecule has 1 heterocycles. The zero-order valence-electron chi connectivity index (χ0n) is 20.7. The van der Waals surface area contributed by atoms with E-state index >= 15 is 0 Å². The van der Waals surface area contributed by atoms with E-state index in [1.54, 1.807) is 0 Å². The number of hydrogen-bond donors (Lipinski definition) is 3. The monoisotopic (exact) mass is 612 g/mol. The minimum absolute atomic E-state index is 0.0250. The average molecular weight is 612 g/mol. The van der Waals surface area contributed by atoms with Gasteiger partial charge in [0.2, 0.25) is 0 Å². The van der Waals surface area contributed by atoms with Crippen molar-refractivity contribution in [1.82, 2.24) is 10.3 Å². The molecule has 0 aliphatic heterocycles. The lowest BCUT2D eigenvalue weighted by atomic mass is 9.98. The van der Waals surface area contributed by atoms with Crippen molar-refractivity contribution in [3.8, 4) is 0 Å². The zero-order valence-corrected chi connectivity index (χ0v) is 20.7. The molecule has 0 radical (unpaired) electrons. The van der Waals surface area contributed by atoms with Gasteiger partial charge >= 0.3 is 30.5 Å². The molecule has 3 aromatic rings. The highest BCUT2D eigenvalue weighted by Gasteiger charge is 2.39. The second kappa shape index (κ2) is 12.7. The molecule has 2 amide bonds. The summed E-state index contributed by atoms with van der Waals surface area (Å²) in [5.74, 6) is -2.76. The topological polar surface area (TPSA) is 134 Å². The lowest BCUT2D eigenvalue weighted by Crippen LogP contribution is -2.35. The van der Waals surface area contributed by atoms with Crippen molar-refractivity contribution in [2.24, 2.45) is 0 Å². The van der Waals surface area contributed by atoms with Crippen molar-refractivity contribution >= 4 is 23.4 Å². The third kappa shape index (κ3) is 9.07. The number of amides is 2. The van der Waals surface area contributed by atoms with Crippen molar-refractivity contribution in [2.75, 3.05) is 5.32 Å². The van der Waals surface area contributed by atoms with E-state index in [1.165, 1.54) is 19.1 Å². The van der Waals surface area contributed by atoms with Crippen molar-refractivity contribution in [3.05, 3.63) is 98.9 Å². The zero-order chi connectivity index (χ0) is 32.0. The summed E-state index contributed by atoms with van der Waals surface area (Å²) in [6, 6.07) is 6.05. The first-order valence-corrected chi connectivity index (χ1v) is 11.0. The Labute approximate surface area is 229 Å². The number of nitrogens with one attached hydrogen (secondary N) is 2. The molecule has 18 heteroatoms. The van der Waals surface area contributed by atoms with Gasteiger partial charge in [-0.15, -0.1) is 0 Å². The SMILES string of the molecule is Cc1ccc(NC(=O)N[C@@H](c2ccc(C(F)(F)F)cc2)c2ncccc2C(F)(F)F)cc1[N+](=O)[O-].O=C(O)C(F)(F)F. The minimum atomic E-state index is -5.08. The molecule has 1 aromatic heterocycles. The Bertz CT molecular complexity index is 1440. The van der Waals surface area contributed by atoms with E-state index in [1.807, 2.05) is 0 Å². The fraction of sp³-hybridized carbons (Fsp3) is 0.208. The molecule has 0 saturated carbocycles. The molecule has 0 unspecified atom stereocenters.